The van der Waals surface area contributed by atoms with E-state index in [2.05, 4.69) is 191 Å². The number of rotatable bonds is 55. The van der Waals surface area contributed by atoms with Gasteiger partial charge in [0, 0.05) is 19.3 Å². The third kappa shape index (κ3) is 63.5. The second kappa shape index (κ2) is 65.3. The van der Waals surface area contributed by atoms with Crippen molar-refractivity contribution in [3.63, 3.8) is 0 Å². The molecule has 0 radical (unpaired) electrons. The summed E-state index contributed by atoms with van der Waals surface area (Å²) >= 11 is 0. The molecule has 0 aliphatic heterocycles. The summed E-state index contributed by atoms with van der Waals surface area (Å²) in [6, 6.07) is 0. The summed E-state index contributed by atoms with van der Waals surface area (Å²) in [4.78, 5) is 38.3. The van der Waals surface area contributed by atoms with Crippen molar-refractivity contribution in [2.45, 2.75) is 258 Å². The molecule has 0 aromatic heterocycles. The third-order valence-electron chi connectivity index (χ3n) is 12.7. The highest BCUT2D eigenvalue weighted by Gasteiger charge is 2.19. The largest absolute Gasteiger partial charge is 0.462 e. The minimum Gasteiger partial charge on any atom is -0.462 e. The molecule has 6 nitrogen and oxygen atoms in total. The average molecular weight is 1090 g/mol. The van der Waals surface area contributed by atoms with Crippen LogP contribution in [0.4, 0.5) is 0 Å². The molecule has 0 fully saturated rings. The van der Waals surface area contributed by atoms with E-state index in [4.69, 9.17) is 14.2 Å². The van der Waals surface area contributed by atoms with E-state index in [-0.39, 0.29) is 44.0 Å². The monoisotopic (exact) mass is 1090 g/mol. The molecular formula is C73H114O6. The van der Waals surface area contributed by atoms with Crippen LogP contribution in [-0.2, 0) is 28.6 Å². The van der Waals surface area contributed by atoms with Crippen molar-refractivity contribution in [3.8, 4) is 0 Å². The van der Waals surface area contributed by atoms with Gasteiger partial charge in [0.25, 0.3) is 0 Å². The molecule has 0 aromatic rings. The van der Waals surface area contributed by atoms with Gasteiger partial charge < -0.3 is 14.2 Å². The summed E-state index contributed by atoms with van der Waals surface area (Å²) in [5.74, 6) is -0.991. The number of esters is 3. The molecule has 79 heavy (non-hydrogen) atoms. The summed E-state index contributed by atoms with van der Waals surface area (Å²) in [5.41, 5.74) is 0. The van der Waals surface area contributed by atoms with Crippen LogP contribution in [0.25, 0.3) is 0 Å². The lowest BCUT2D eigenvalue weighted by Gasteiger charge is -2.18. The van der Waals surface area contributed by atoms with Crippen molar-refractivity contribution in [1.29, 1.82) is 0 Å². The maximum atomic E-state index is 12.9. The predicted octanol–water partition coefficient (Wildman–Crippen LogP) is 21.9. The molecule has 0 rings (SSSR count). The van der Waals surface area contributed by atoms with E-state index in [0.29, 0.717) is 12.8 Å². The Bertz CT molecular complexity index is 1820. The molecule has 0 aliphatic rings. The first-order valence-corrected chi connectivity index (χ1v) is 31.6. The average Bonchev–Trinajstić information content (AvgIpc) is 3.45. The second-order valence-corrected chi connectivity index (χ2v) is 20.2. The van der Waals surface area contributed by atoms with Crippen molar-refractivity contribution in [1.82, 2.24) is 0 Å². The zero-order valence-electron chi connectivity index (χ0n) is 50.6. The Hall–Kier alpha value is -5.23. The first-order chi connectivity index (χ1) is 39.0. The van der Waals surface area contributed by atoms with Gasteiger partial charge in [0.1, 0.15) is 13.2 Å². The lowest BCUT2D eigenvalue weighted by Crippen LogP contribution is -2.30. The number of ether oxygens (including phenoxy) is 3. The van der Waals surface area contributed by atoms with Crippen LogP contribution in [-0.4, -0.2) is 37.2 Å². The molecule has 442 valence electrons. The SMILES string of the molecule is CC/C=C\C/C=C\C/C=C\C/C=C\C/C=C\C/C=C\C/C=C\C/C=C\CCCCC(=O)OCC(COC(=O)CCCCCCC/C=C\CCCCCC)OC(=O)CCCCCCC/C=C\C/C=C\C/C=C\C/C=C\C/C=C\CC. The molecule has 0 saturated heterocycles. The Balaban J connectivity index is 4.51. The summed E-state index contributed by atoms with van der Waals surface area (Å²) < 4.78 is 16.8. The number of unbranched alkanes of at least 4 members (excludes halogenated alkanes) is 16. The lowest BCUT2D eigenvalue weighted by atomic mass is 10.1. The maximum absolute atomic E-state index is 12.9. The Morgan fingerprint density at radius 1 is 0.266 bits per heavy atom. The summed E-state index contributed by atoms with van der Waals surface area (Å²) in [6.07, 6.45) is 96.4. The fraction of sp³-hybridized carbons (Fsp3) is 0.575. The molecule has 0 bridgehead atoms. The van der Waals surface area contributed by atoms with Gasteiger partial charge in [-0.2, -0.15) is 0 Å². The number of carbonyl (C=O) groups is 3. The molecule has 6 heteroatoms. The Morgan fingerprint density at radius 2 is 0.494 bits per heavy atom. The van der Waals surface area contributed by atoms with Crippen LogP contribution >= 0.6 is 0 Å². The second-order valence-electron chi connectivity index (χ2n) is 20.2. The van der Waals surface area contributed by atoms with Crippen LogP contribution < -0.4 is 0 Å². The highest BCUT2D eigenvalue weighted by Crippen LogP contribution is 2.13. The maximum Gasteiger partial charge on any atom is 0.306 e. The van der Waals surface area contributed by atoms with Gasteiger partial charge in [-0.3, -0.25) is 14.4 Å². The number of carbonyl (C=O) groups excluding carboxylic acids is 3. The first kappa shape index (κ1) is 73.8. The molecular weight excluding hydrogens is 973 g/mol. The van der Waals surface area contributed by atoms with Crippen LogP contribution in [0.2, 0.25) is 0 Å². The Labute approximate surface area is 485 Å². The summed E-state index contributed by atoms with van der Waals surface area (Å²) in [7, 11) is 0. The fourth-order valence-electron chi connectivity index (χ4n) is 8.01. The van der Waals surface area contributed by atoms with Gasteiger partial charge in [-0.25, -0.2) is 0 Å². The third-order valence-corrected chi connectivity index (χ3v) is 12.7. The van der Waals surface area contributed by atoms with E-state index in [9.17, 15) is 14.4 Å². The standard InChI is InChI=1S/C73H114O6/c1-4-7-10-13-16-19-22-25-27-29-31-33-34-35-36-37-38-40-41-43-45-48-51-54-57-60-63-66-72(75)78-69-70(68-77-71(74)65-62-59-56-53-50-47-24-21-18-15-12-9-6-3)79-73(76)67-64-61-58-55-52-49-46-44-42-39-32-30-28-26-23-20-17-14-11-8-5-2/h7-8,10-11,16-17,19-21,24-28,31-33,35-36,38-40,43-46,51,54,70H,4-6,9,12-15,18,22-23,29-30,34,37,41-42,47-50,52-53,55-69H2,1-3H3/b10-7-,11-8-,19-16-,20-17-,24-21-,27-25-,28-26-,33-31-,36-35-,39-32-,40-38-,45-43-,46-44-,54-51-. The molecule has 1 unspecified atom stereocenters. The van der Waals surface area contributed by atoms with Crippen LogP contribution in [0.3, 0.4) is 0 Å². The summed E-state index contributed by atoms with van der Waals surface area (Å²) in [5, 5.41) is 0. The van der Waals surface area contributed by atoms with Gasteiger partial charge in [0.2, 0.25) is 0 Å². The predicted molar refractivity (Wildman–Crippen MR) is 343 cm³/mol. The number of hydrogen-bond donors (Lipinski definition) is 0. The molecule has 0 spiro atoms. The van der Waals surface area contributed by atoms with Gasteiger partial charge in [-0.1, -0.05) is 249 Å². The molecule has 0 N–H and O–H groups in total. The number of hydrogen-bond acceptors (Lipinski definition) is 6. The van der Waals surface area contributed by atoms with E-state index in [1.54, 1.807) is 0 Å². The molecule has 0 aromatic carbocycles. The van der Waals surface area contributed by atoms with Crippen molar-refractivity contribution in [2.24, 2.45) is 0 Å². The van der Waals surface area contributed by atoms with E-state index in [0.717, 1.165) is 167 Å². The van der Waals surface area contributed by atoms with Crippen molar-refractivity contribution in [2.75, 3.05) is 13.2 Å². The van der Waals surface area contributed by atoms with Gasteiger partial charge in [0.05, 0.1) is 0 Å². The van der Waals surface area contributed by atoms with Crippen LogP contribution in [0.15, 0.2) is 170 Å². The molecule has 0 saturated carbocycles. The topological polar surface area (TPSA) is 78.9 Å². The Kier molecular flexibility index (Phi) is 61.0. The highest BCUT2D eigenvalue weighted by molar-refractivity contribution is 5.71. The lowest BCUT2D eigenvalue weighted by molar-refractivity contribution is -0.167. The Morgan fingerprint density at radius 3 is 0.810 bits per heavy atom. The minimum atomic E-state index is -0.820. The zero-order chi connectivity index (χ0) is 57.1. The van der Waals surface area contributed by atoms with E-state index in [1.165, 1.54) is 38.5 Å². The summed E-state index contributed by atoms with van der Waals surface area (Å²) in [6.45, 7) is 6.33. The quantitative estimate of drug-likeness (QED) is 0.0261. The minimum absolute atomic E-state index is 0.112. The van der Waals surface area contributed by atoms with Crippen molar-refractivity contribution < 1.29 is 28.6 Å². The van der Waals surface area contributed by atoms with E-state index >= 15 is 0 Å². The molecule has 0 aliphatic carbocycles. The number of allylic oxidation sites excluding steroid dienone is 28. The molecule has 1 atom stereocenters. The smallest absolute Gasteiger partial charge is 0.306 e. The van der Waals surface area contributed by atoms with Crippen molar-refractivity contribution in [3.05, 3.63) is 170 Å². The van der Waals surface area contributed by atoms with Gasteiger partial charge in [0.15, 0.2) is 6.10 Å². The van der Waals surface area contributed by atoms with Gasteiger partial charge >= 0.3 is 17.9 Å². The first-order valence-electron chi connectivity index (χ1n) is 31.6. The van der Waals surface area contributed by atoms with Gasteiger partial charge in [-0.05, 0) is 154 Å². The molecule has 0 heterocycles. The van der Waals surface area contributed by atoms with Crippen LogP contribution in [0.1, 0.15) is 252 Å². The van der Waals surface area contributed by atoms with Crippen LogP contribution in [0.5, 0.6) is 0 Å². The van der Waals surface area contributed by atoms with E-state index in [1.807, 2.05) is 0 Å². The van der Waals surface area contributed by atoms with Crippen molar-refractivity contribution >= 4 is 17.9 Å². The van der Waals surface area contributed by atoms with Crippen LogP contribution in [0, 0.1) is 0 Å². The van der Waals surface area contributed by atoms with E-state index < -0.39 is 6.10 Å². The molecule has 0 amide bonds. The highest BCUT2D eigenvalue weighted by atomic mass is 16.6. The van der Waals surface area contributed by atoms with Gasteiger partial charge in [-0.15, -0.1) is 0 Å². The zero-order valence-corrected chi connectivity index (χ0v) is 50.6. The normalized spacial score (nSPS) is 13.3. The fourth-order valence-corrected chi connectivity index (χ4v) is 8.01.